The highest BCUT2D eigenvalue weighted by atomic mass is 35.5. The Hall–Kier alpha value is -1.20. The molecular formula is C22H26Cl2N2OS. The summed E-state index contributed by atoms with van der Waals surface area (Å²) in [7, 11) is 0. The van der Waals surface area contributed by atoms with Gasteiger partial charge in [0, 0.05) is 40.2 Å². The van der Waals surface area contributed by atoms with Crippen LogP contribution in [0.4, 0.5) is 0 Å². The number of piperidine rings is 1. The summed E-state index contributed by atoms with van der Waals surface area (Å²) >= 11 is 14.1. The minimum atomic E-state index is -0.0269. The number of carbonyl (C=O) groups excluding carboxylic acids is 1. The first-order chi connectivity index (χ1) is 13.6. The molecule has 0 saturated carbocycles. The van der Waals surface area contributed by atoms with Crippen LogP contribution in [0.25, 0.3) is 0 Å². The van der Waals surface area contributed by atoms with E-state index in [1.807, 2.05) is 30.3 Å². The standard InChI is InChI=1S/C22H26Cl2N2OS/c23-20-5-4-6-21(24)19(20)16-28-14-11-25-22(27)18-9-7-17(8-10-18)15-26-12-2-1-3-13-26/h4-10H,1-3,11-16H2,(H,25,27). The molecule has 0 unspecified atom stereocenters. The number of halogens is 2. The second-order valence-electron chi connectivity index (χ2n) is 7.04. The van der Waals surface area contributed by atoms with E-state index in [1.165, 1.54) is 37.9 Å². The molecular weight excluding hydrogens is 411 g/mol. The molecule has 2 aromatic carbocycles. The van der Waals surface area contributed by atoms with Gasteiger partial charge < -0.3 is 5.32 Å². The Morgan fingerprint density at radius 3 is 2.36 bits per heavy atom. The van der Waals surface area contributed by atoms with Crippen molar-refractivity contribution >= 4 is 40.9 Å². The van der Waals surface area contributed by atoms with E-state index in [-0.39, 0.29) is 5.91 Å². The molecule has 3 rings (SSSR count). The lowest BCUT2D eigenvalue weighted by Crippen LogP contribution is -2.29. The molecule has 0 bridgehead atoms. The third-order valence-corrected chi connectivity index (χ3v) is 6.60. The van der Waals surface area contributed by atoms with Crippen LogP contribution in [-0.4, -0.2) is 36.2 Å². The number of amides is 1. The van der Waals surface area contributed by atoms with E-state index < -0.39 is 0 Å². The molecule has 1 aliphatic heterocycles. The maximum absolute atomic E-state index is 12.3. The molecule has 0 aromatic heterocycles. The second-order valence-corrected chi connectivity index (χ2v) is 8.96. The fraction of sp³-hybridized carbons (Fsp3) is 0.409. The van der Waals surface area contributed by atoms with Gasteiger partial charge in [-0.05, 0) is 61.3 Å². The SMILES string of the molecule is O=C(NCCSCc1c(Cl)cccc1Cl)c1ccc(CN2CCCCC2)cc1. The lowest BCUT2D eigenvalue weighted by molar-refractivity contribution is 0.0956. The summed E-state index contributed by atoms with van der Waals surface area (Å²) in [6, 6.07) is 13.5. The zero-order valence-corrected chi connectivity index (χ0v) is 18.3. The van der Waals surface area contributed by atoms with E-state index >= 15 is 0 Å². The molecule has 0 aliphatic carbocycles. The van der Waals surface area contributed by atoms with Gasteiger partial charge in [-0.1, -0.05) is 47.8 Å². The Balaban J connectivity index is 1.38. The van der Waals surface area contributed by atoms with Crippen LogP contribution in [0.3, 0.4) is 0 Å². The number of hydrogen-bond donors (Lipinski definition) is 1. The number of nitrogens with zero attached hydrogens (tertiary/aromatic N) is 1. The number of carbonyl (C=O) groups is 1. The molecule has 1 heterocycles. The van der Waals surface area contributed by atoms with E-state index in [9.17, 15) is 4.79 Å². The zero-order chi connectivity index (χ0) is 19.8. The average Bonchev–Trinajstić information content (AvgIpc) is 2.71. The monoisotopic (exact) mass is 436 g/mol. The number of hydrogen-bond acceptors (Lipinski definition) is 3. The van der Waals surface area contributed by atoms with Gasteiger partial charge in [0.1, 0.15) is 0 Å². The maximum Gasteiger partial charge on any atom is 0.251 e. The minimum Gasteiger partial charge on any atom is -0.351 e. The van der Waals surface area contributed by atoms with Gasteiger partial charge in [-0.25, -0.2) is 0 Å². The molecule has 0 radical (unpaired) electrons. The van der Waals surface area contributed by atoms with E-state index in [1.54, 1.807) is 11.8 Å². The van der Waals surface area contributed by atoms with Gasteiger partial charge in [-0.2, -0.15) is 11.8 Å². The van der Waals surface area contributed by atoms with Gasteiger partial charge in [0.05, 0.1) is 0 Å². The molecule has 0 spiro atoms. The van der Waals surface area contributed by atoms with Gasteiger partial charge >= 0.3 is 0 Å². The van der Waals surface area contributed by atoms with Gasteiger partial charge in [0.2, 0.25) is 0 Å². The summed E-state index contributed by atoms with van der Waals surface area (Å²) in [4.78, 5) is 14.8. The predicted octanol–water partition coefficient (Wildman–Crippen LogP) is 5.64. The lowest BCUT2D eigenvalue weighted by atomic mass is 10.1. The van der Waals surface area contributed by atoms with Gasteiger partial charge in [-0.3, -0.25) is 9.69 Å². The van der Waals surface area contributed by atoms with Crippen LogP contribution < -0.4 is 5.32 Å². The first kappa shape index (κ1) is 21.5. The van der Waals surface area contributed by atoms with Gasteiger partial charge in [-0.15, -0.1) is 0 Å². The highest BCUT2D eigenvalue weighted by Gasteiger charge is 2.11. The van der Waals surface area contributed by atoms with Crippen LogP contribution in [0.5, 0.6) is 0 Å². The highest BCUT2D eigenvalue weighted by molar-refractivity contribution is 7.98. The number of thioether (sulfide) groups is 1. The number of likely N-dealkylation sites (tertiary alicyclic amines) is 1. The van der Waals surface area contributed by atoms with Crippen molar-refractivity contribution in [2.24, 2.45) is 0 Å². The van der Waals surface area contributed by atoms with Crippen LogP contribution in [0.2, 0.25) is 10.0 Å². The molecule has 150 valence electrons. The smallest absolute Gasteiger partial charge is 0.251 e. The van der Waals surface area contributed by atoms with E-state index in [4.69, 9.17) is 23.2 Å². The largest absolute Gasteiger partial charge is 0.351 e. The Labute approximate surface area is 181 Å². The molecule has 2 aromatic rings. The molecule has 1 fully saturated rings. The number of rotatable bonds is 8. The highest BCUT2D eigenvalue weighted by Crippen LogP contribution is 2.28. The topological polar surface area (TPSA) is 32.3 Å². The van der Waals surface area contributed by atoms with Crippen molar-refractivity contribution in [1.29, 1.82) is 0 Å². The molecule has 3 nitrogen and oxygen atoms in total. The van der Waals surface area contributed by atoms with E-state index in [2.05, 4.69) is 22.3 Å². The molecule has 1 saturated heterocycles. The minimum absolute atomic E-state index is 0.0269. The molecule has 28 heavy (non-hydrogen) atoms. The van der Waals surface area contributed by atoms with Crippen LogP contribution in [0.15, 0.2) is 42.5 Å². The van der Waals surface area contributed by atoms with E-state index in [0.717, 1.165) is 23.6 Å². The van der Waals surface area contributed by atoms with Crippen molar-refractivity contribution in [1.82, 2.24) is 10.2 Å². The molecule has 6 heteroatoms. The van der Waals surface area contributed by atoms with E-state index in [0.29, 0.717) is 22.2 Å². The fourth-order valence-electron chi connectivity index (χ4n) is 3.32. The van der Waals surface area contributed by atoms with Crippen molar-refractivity contribution in [2.45, 2.75) is 31.6 Å². The first-order valence-electron chi connectivity index (χ1n) is 9.73. The summed E-state index contributed by atoms with van der Waals surface area (Å²) in [5, 5.41) is 4.36. The fourth-order valence-corrected chi connectivity index (χ4v) is 4.92. The normalized spacial score (nSPS) is 14.8. The van der Waals surface area contributed by atoms with Crippen LogP contribution in [-0.2, 0) is 12.3 Å². The van der Waals surface area contributed by atoms with Crippen molar-refractivity contribution in [3.8, 4) is 0 Å². The maximum atomic E-state index is 12.3. The summed E-state index contributed by atoms with van der Waals surface area (Å²) in [6.07, 6.45) is 3.93. The third-order valence-electron chi connectivity index (χ3n) is 4.91. The van der Waals surface area contributed by atoms with Gasteiger partial charge in [0.15, 0.2) is 0 Å². The summed E-state index contributed by atoms with van der Waals surface area (Å²) in [6.45, 7) is 3.95. The first-order valence-corrected chi connectivity index (χ1v) is 11.6. The zero-order valence-electron chi connectivity index (χ0n) is 15.9. The second kappa shape index (κ2) is 11.1. The summed E-state index contributed by atoms with van der Waals surface area (Å²) in [5.41, 5.74) is 2.93. The van der Waals surface area contributed by atoms with Crippen molar-refractivity contribution in [3.63, 3.8) is 0 Å². The summed E-state index contributed by atoms with van der Waals surface area (Å²) < 4.78 is 0. The van der Waals surface area contributed by atoms with Crippen LogP contribution >= 0.6 is 35.0 Å². The Morgan fingerprint density at radius 2 is 1.68 bits per heavy atom. The molecule has 1 N–H and O–H groups in total. The van der Waals surface area contributed by atoms with Crippen molar-refractivity contribution in [2.75, 3.05) is 25.4 Å². The third kappa shape index (κ3) is 6.41. The Kier molecular flexibility index (Phi) is 8.53. The quantitative estimate of drug-likeness (QED) is 0.543. The number of benzene rings is 2. The van der Waals surface area contributed by atoms with Crippen molar-refractivity contribution in [3.05, 3.63) is 69.2 Å². The van der Waals surface area contributed by atoms with Crippen LogP contribution in [0, 0.1) is 0 Å². The molecule has 1 amide bonds. The Morgan fingerprint density at radius 1 is 1.00 bits per heavy atom. The predicted molar refractivity (Wildman–Crippen MR) is 121 cm³/mol. The average molecular weight is 437 g/mol. The van der Waals surface area contributed by atoms with Crippen molar-refractivity contribution < 1.29 is 4.79 Å². The van der Waals surface area contributed by atoms with Crippen LogP contribution in [0.1, 0.15) is 40.7 Å². The summed E-state index contributed by atoms with van der Waals surface area (Å²) in [5.74, 6) is 1.51. The molecule has 1 aliphatic rings. The lowest BCUT2D eigenvalue weighted by Gasteiger charge is -2.26. The van der Waals surface area contributed by atoms with Gasteiger partial charge in [0.25, 0.3) is 5.91 Å². The Bertz CT molecular complexity index is 756. The molecule has 0 atom stereocenters. The number of nitrogens with one attached hydrogen (secondary N) is 1.